The number of hydrogen-bond acceptors (Lipinski definition) is 5. The maximum atomic E-state index is 12.9. The maximum absolute atomic E-state index is 12.9. The first kappa shape index (κ1) is 21.0. The van der Waals surface area contributed by atoms with Gasteiger partial charge in [-0.3, -0.25) is 0 Å². The van der Waals surface area contributed by atoms with Crippen LogP contribution in [0.4, 0.5) is 10.5 Å². The van der Waals surface area contributed by atoms with Gasteiger partial charge in [-0.15, -0.1) is 0 Å². The molecule has 0 unspecified atom stereocenters. The van der Waals surface area contributed by atoms with E-state index in [1.165, 1.54) is 0 Å². The number of fused-ring (bicyclic) bond motifs is 1. The van der Waals surface area contributed by atoms with Gasteiger partial charge in [-0.1, -0.05) is 0 Å². The van der Waals surface area contributed by atoms with E-state index in [1.54, 1.807) is 19.1 Å². The van der Waals surface area contributed by atoms with Crippen LogP contribution in [0.2, 0.25) is 12.6 Å². The molecule has 9 heteroatoms. The average molecular weight is 415 g/mol. The molecule has 0 radical (unpaired) electrons. The number of methoxy groups -OCH3 is 1. The van der Waals surface area contributed by atoms with Gasteiger partial charge in [0, 0.05) is 0 Å². The van der Waals surface area contributed by atoms with Gasteiger partial charge in [0.1, 0.15) is 0 Å². The molecule has 1 N–H and O–H groups in total. The van der Waals surface area contributed by atoms with E-state index in [4.69, 9.17) is 9.47 Å². The Balaban J connectivity index is 1.42. The zero-order valence-electron chi connectivity index (χ0n) is 17.5. The van der Waals surface area contributed by atoms with Gasteiger partial charge in [-0.05, 0) is 0 Å². The van der Waals surface area contributed by atoms with Gasteiger partial charge in [0.05, 0.1) is 7.11 Å². The van der Waals surface area contributed by atoms with Crippen LogP contribution in [0.25, 0.3) is 0 Å². The quantitative estimate of drug-likeness (QED) is 0.599. The summed E-state index contributed by atoms with van der Waals surface area (Å²) in [5.74, 6) is 2.80. The monoisotopic (exact) mass is 415 g/mol. The van der Waals surface area contributed by atoms with Crippen LogP contribution in [-0.4, -0.2) is 50.7 Å². The number of urea groups is 1. The molecule has 2 aliphatic heterocycles. The molecule has 1 aromatic carbocycles. The third-order valence-corrected chi connectivity index (χ3v) is 6.35. The molecule has 156 valence electrons. The Morgan fingerprint density at radius 1 is 1.32 bits per heavy atom. The number of rotatable bonds is 5. The van der Waals surface area contributed by atoms with Crippen LogP contribution in [0.5, 0.6) is 11.5 Å². The number of benzene rings is 1. The summed E-state index contributed by atoms with van der Waals surface area (Å²) in [7, 11) is 1.64. The molecule has 31 heavy (non-hydrogen) atoms. The Labute approximate surface area is 182 Å². The van der Waals surface area contributed by atoms with Crippen LogP contribution >= 0.6 is 0 Å². The normalized spacial score (nSPS) is 16.5. The first-order valence-electron chi connectivity index (χ1n) is 10.5. The van der Waals surface area contributed by atoms with E-state index in [1.807, 2.05) is 36.1 Å². The second-order valence-electron chi connectivity index (χ2n) is 7.98. The molecule has 3 heterocycles. The number of nitrogens with zero attached hydrogens (tertiary/aromatic N) is 2. The fourth-order valence-electron chi connectivity index (χ4n) is 4.66. The number of carbonyl (C=O) groups excluding carboxylic acids is 2. The number of hydrogen-bond donors (Lipinski definition) is 1. The summed E-state index contributed by atoms with van der Waals surface area (Å²) in [5, 5.41) is 13.3. The van der Waals surface area contributed by atoms with E-state index in [0.717, 1.165) is 54.3 Å². The number of ether oxygens (including phenoxy) is 2. The summed E-state index contributed by atoms with van der Waals surface area (Å²) in [6, 6.07) is 9.72. The summed E-state index contributed by atoms with van der Waals surface area (Å²) in [6.07, 6.45) is 4.46. The number of carbonyl (C=O) groups is 2. The van der Waals surface area contributed by atoms with Gasteiger partial charge in [0.25, 0.3) is 0 Å². The summed E-state index contributed by atoms with van der Waals surface area (Å²) in [4.78, 5) is 25.6. The van der Waals surface area contributed by atoms with E-state index in [-0.39, 0.29) is 12.1 Å². The van der Waals surface area contributed by atoms with Crippen molar-refractivity contribution in [3.05, 3.63) is 41.4 Å². The molecular weight excluding hydrogens is 392 g/mol. The van der Waals surface area contributed by atoms with Crippen molar-refractivity contribution in [3.63, 3.8) is 0 Å². The molecule has 0 bridgehead atoms. The third-order valence-electron chi connectivity index (χ3n) is 6.35. The Kier molecular flexibility index (Phi) is 6.26. The van der Waals surface area contributed by atoms with Crippen molar-refractivity contribution in [2.75, 3.05) is 19.0 Å². The number of amides is 2. The predicted octanol–water partition coefficient (Wildman–Crippen LogP) is 2.39. The molecule has 0 saturated carbocycles. The SMILES string of the molecule is COc1ccc2c(c1)CCN(C1CCB(c3bcc(C#N)c(OC=O)c3)CC1)C(=O)N2. The van der Waals surface area contributed by atoms with E-state index in [9.17, 15) is 14.9 Å². The van der Waals surface area contributed by atoms with Gasteiger partial charge in [-0.25, -0.2) is 0 Å². The molecule has 0 aliphatic carbocycles. The second kappa shape index (κ2) is 9.25. The zero-order chi connectivity index (χ0) is 21.8. The Morgan fingerprint density at radius 3 is 2.84 bits per heavy atom. The van der Waals surface area contributed by atoms with Crippen LogP contribution in [0.15, 0.2) is 30.2 Å². The van der Waals surface area contributed by atoms with Crippen molar-refractivity contribution in [2.45, 2.75) is 37.9 Å². The second-order valence-corrected chi connectivity index (χ2v) is 7.98. The predicted molar refractivity (Wildman–Crippen MR) is 120 cm³/mol. The molecule has 7 nitrogen and oxygen atoms in total. The van der Waals surface area contributed by atoms with Crippen LogP contribution in [-0.2, 0) is 11.2 Å². The molecule has 2 amide bonds. The van der Waals surface area contributed by atoms with Crippen molar-refractivity contribution >= 4 is 37.2 Å². The van der Waals surface area contributed by atoms with Crippen LogP contribution < -0.4 is 20.1 Å². The summed E-state index contributed by atoms with van der Waals surface area (Å²) in [5.41, 5.74) is 2.29. The summed E-state index contributed by atoms with van der Waals surface area (Å²) in [6.45, 7) is 3.27. The Bertz CT molecular complexity index is 1030. The van der Waals surface area contributed by atoms with Gasteiger partial charge in [0.2, 0.25) is 0 Å². The number of nitrogens with one attached hydrogen (secondary N) is 1. The van der Waals surface area contributed by atoms with Gasteiger partial charge < -0.3 is 0 Å². The molecule has 2 aliphatic rings. The molecule has 1 aromatic heterocycles. The Morgan fingerprint density at radius 2 is 2.13 bits per heavy atom. The van der Waals surface area contributed by atoms with Crippen molar-refractivity contribution in [2.24, 2.45) is 0 Å². The van der Waals surface area contributed by atoms with E-state index < -0.39 is 0 Å². The van der Waals surface area contributed by atoms with Gasteiger partial charge >= 0.3 is 175 Å². The molecular formula is C22H23B2N3O4. The zero-order valence-corrected chi connectivity index (χ0v) is 17.5. The molecule has 4 rings (SSSR count). The van der Waals surface area contributed by atoms with Crippen molar-refractivity contribution in [1.82, 2.24) is 4.90 Å². The van der Waals surface area contributed by atoms with E-state index in [0.29, 0.717) is 31.0 Å². The molecule has 2 aromatic rings. The van der Waals surface area contributed by atoms with Gasteiger partial charge in [-0.2, -0.15) is 0 Å². The van der Waals surface area contributed by atoms with Crippen molar-refractivity contribution in [1.29, 1.82) is 5.26 Å². The number of anilines is 1. The molecule has 0 atom stereocenters. The summed E-state index contributed by atoms with van der Waals surface area (Å²) < 4.78 is 10.3. The first-order chi connectivity index (χ1) is 15.1. The van der Waals surface area contributed by atoms with Crippen LogP contribution in [0.1, 0.15) is 24.0 Å². The van der Waals surface area contributed by atoms with Crippen LogP contribution in [0, 0.1) is 11.3 Å². The fourth-order valence-corrected chi connectivity index (χ4v) is 4.66. The minimum absolute atomic E-state index is 0.0487. The van der Waals surface area contributed by atoms with Crippen LogP contribution in [0.3, 0.4) is 0 Å². The van der Waals surface area contributed by atoms with Crippen molar-refractivity contribution < 1.29 is 19.1 Å². The Hall–Kier alpha value is -3.27. The molecule has 1 fully saturated rings. The first-order valence-corrected chi connectivity index (χ1v) is 10.5. The summed E-state index contributed by atoms with van der Waals surface area (Å²) >= 11 is 0. The van der Waals surface area contributed by atoms with E-state index in [2.05, 4.69) is 5.32 Å². The number of nitriles is 1. The fraction of sp³-hybridized carbons (Fsp3) is 0.364. The minimum atomic E-state index is -0.0487. The third kappa shape index (κ3) is 4.43. The standard InChI is InChI=1S/C22H23B2N3O4/c1-30-18-2-3-19-15(10-18)6-9-27(22(29)26-19)17-4-7-24(8-5-17)21-11-20(31-14-28)16(13-25)12-23-21/h2-3,10-12,14,17H,4-9H2,1H3,(H,26,29). The average Bonchev–Trinajstić information content (AvgIpc) is 2.97. The molecule has 0 spiro atoms. The molecule has 1 saturated heterocycles. The van der Waals surface area contributed by atoms with Crippen molar-refractivity contribution in [3.8, 4) is 17.6 Å². The van der Waals surface area contributed by atoms with Gasteiger partial charge in [0.15, 0.2) is 0 Å². The topological polar surface area (TPSA) is 91.7 Å². The van der Waals surface area contributed by atoms with E-state index >= 15 is 0 Å².